The number of nitrogens with one attached hydrogen (secondary N) is 1. The van der Waals surface area contributed by atoms with Crippen molar-refractivity contribution in [3.63, 3.8) is 0 Å². The lowest BCUT2D eigenvalue weighted by atomic mass is 9.96. The van der Waals surface area contributed by atoms with Crippen LogP contribution in [0.25, 0.3) is 0 Å². The van der Waals surface area contributed by atoms with Gasteiger partial charge >= 0.3 is 0 Å². The Bertz CT molecular complexity index is 635. The van der Waals surface area contributed by atoms with Gasteiger partial charge in [-0.15, -0.1) is 0 Å². The number of ether oxygens (including phenoxy) is 1. The zero-order valence-corrected chi connectivity index (χ0v) is 17.5. The predicted octanol–water partition coefficient (Wildman–Crippen LogP) is 7.55. The molecule has 0 amide bonds. The van der Waals surface area contributed by atoms with Crippen LogP contribution in [0.15, 0.2) is 48.5 Å². The van der Waals surface area contributed by atoms with Crippen molar-refractivity contribution >= 4 is 5.69 Å². The maximum atomic E-state index is 5.24. The van der Waals surface area contributed by atoms with Crippen LogP contribution in [0, 0.1) is 0 Å². The van der Waals surface area contributed by atoms with Gasteiger partial charge in [0.1, 0.15) is 5.75 Å². The first-order valence-electron chi connectivity index (χ1n) is 10.7. The van der Waals surface area contributed by atoms with Crippen molar-refractivity contribution < 1.29 is 4.74 Å². The summed E-state index contributed by atoms with van der Waals surface area (Å²) >= 11 is 0. The third-order valence-electron chi connectivity index (χ3n) is 5.29. The average Bonchev–Trinajstić information content (AvgIpc) is 2.71. The monoisotopic (exact) mass is 367 g/mol. The van der Waals surface area contributed by atoms with E-state index in [1.807, 2.05) is 12.1 Å². The Kier molecular flexibility index (Phi) is 9.83. The Labute approximate surface area is 166 Å². The van der Waals surface area contributed by atoms with Crippen LogP contribution in [-0.2, 0) is 6.42 Å². The summed E-state index contributed by atoms with van der Waals surface area (Å²) < 4.78 is 5.24. The summed E-state index contributed by atoms with van der Waals surface area (Å²) in [5.74, 6) is 0.892. The van der Waals surface area contributed by atoms with E-state index in [0.29, 0.717) is 6.04 Å². The van der Waals surface area contributed by atoms with Crippen molar-refractivity contribution in [2.75, 3.05) is 12.4 Å². The molecule has 2 rings (SSSR count). The van der Waals surface area contributed by atoms with Crippen molar-refractivity contribution in [1.29, 1.82) is 0 Å². The van der Waals surface area contributed by atoms with Gasteiger partial charge in [-0.2, -0.15) is 0 Å². The standard InChI is InChI=1S/C25H37NO/c1-4-5-6-7-8-9-10-11-14-22-15-12-13-16-25(22)21(2)26-23-17-19-24(27-3)20-18-23/h12-13,15-21,26H,4-11,14H2,1-3H3. The van der Waals surface area contributed by atoms with Gasteiger partial charge in [0, 0.05) is 11.7 Å². The summed E-state index contributed by atoms with van der Waals surface area (Å²) in [5.41, 5.74) is 4.03. The normalized spacial score (nSPS) is 12.0. The molecular formula is C25H37NO. The fourth-order valence-corrected chi connectivity index (χ4v) is 3.65. The molecule has 0 radical (unpaired) electrons. The van der Waals surface area contributed by atoms with Gasteiger partial charge in [-0.3, -0.25) is 0 Å². The van der Waals surface area contributed by atoms with Crippen LogP contribution in [-0.4, -0.2) is 7.11 Å². The molecule has 0 saturated heterocycles. The van der Waals surface area contributed by atoms with Crippen molar-refractivity contribution in [1.82, 2.24) is 0 Å². The van der Waals surface area contributed by atoms with E-state index in [4.69, 9.17) is 4.74 Å². The molecule has 0 aliphatic heterocycles. The second kappa shape index (κ2) is 12.4. The Morgan fingerprint density at radius 1 is 0.815 bits per heavy atom. The summed E-state index contributed by atoms with van der Waals surface area (Å²) in [4.78, 5) is 0. The van der Waals surface area contributed by atoms with Gasteiger partial charge in [0.15, 0.2) is 0 Å². The van der Waals surface area contributed by atoms with Gasteiger partial charge in [-0.25, -0.2) is 0 Å². The molecule has 27 heavy (non-hydrogen) atoms. The van der Waals surface area contributed by atoms with E-state index in [1.165, 1.54) is 68.9 Å². The SMILES string of the molecule is CCCCCCCCCCc1ccccc1C(C)Nc1ccc(OC)cc1. The van der Waals surface area contributed by atoms with Crippen LogP contribution < -0.4 is 10.1 Å². The first-order valence-corrected chi connectivity index (χ1v) is 10.7. The summed E-state index contributed by atoms with van der Waals surface area (Å²) in [7, 11) is 1.70. The Balaban J connectivity index is 1.81. The molecule has 2 nitrogen and oxygen atoms in total. The van der Waals surface area contributed by atoms with E-state index < -0.39 is 0 Å². The molecule has 2 aromatic rings. The first kappa shape index (κ1) is 21.3. The number of hydrogen-bond acceptors (Lipinski definition) is 2. The van der Waals surface area contributed by atoms with Gasteiger partial charge in [0.2, 0.25) is 0 Å². The summed E-state index contributed by atoms with van der Waals surface area (Å²) in [5, 5.41) is 3.62. The molecule has 148 valence electrons. The third-order valence-corrected chi connectivity index (χ3v) is 5.29. The number of anilines is 1. The summed E-state index contributed by atoms with van der Waals surface area (Å²) in [6.07, 6.45) is 12.1. The Morgan fingerprint density at radius 3 is 2.11 bits per heavy atom. The largest absolute Gasteiger partial charge is 0.497 e. The number of methoxy groups -OCH3 is 1. The minimum atomic E-state index is 0.295. The predicted molar refractivity (Wildman–Crippen MR) is 118 cm³/mol. The minimum absolute atomic E-state index is 0.295. The van der Waals surface area contributed by atoms with E-state index in [-0.39, 0.29) is 0 Å². The highest BCUT2D eigenvalue weighted by Crippen LogP contribution is 2.25. The highest BCUT2D eigenvalue weighted by molar-refractivity contribution is 5.48. The quantitative estimate of drug-likeness (QED) is 0.369. The van der Waals surface area contributed by atoms with Crippen molar-refractivity contribution in [3.05, 3.63) is 59.7 Å². The summed E-state index contributed by atoms with van der Waals surface area (Å²) in [6.45, 7) is 4.53. The highest BCUT2D eigenvalue weighted by Gasteiger charge is 2.10. The molecule has 0 aliphatic rings. The van der Waals surface area contributed by atoms with E-state index in [1.54, 1.807) is 7.11 Å². The van der Waals surface area contributed by atoms with E-state index >= 15 is 0 Å². The average molecular weight is 368 g/mol. The molecule has 0 aliphatic carbocycles. The van der Waals surface area contributed by atoms with E-state index in [2.05, 4.69) is 55.6 Å². The van der Waals surface area contributed by atoms with E-state index in [9.17, 15) is 0 Å². The molecule has 0 bridgehead atoms. The molecule has 0 heterocycles. The molecule has 2 aromatic carbocycles. The zero-order valence-electron chi connectivity index (χ0n) is 17.5. The molecule has 1 atom stereocenters. The number of aryl methyl sites for hydroxylation is 1. The van der Waals surface area contributed by atoms with Gasteiger partial charge < -0.3 is 10.1 Å². The molecule has 2 heteroatoms. The second-order valence-corrected chi connectivity index (χ2v) is 7.52. The maximum Gasteiger partial charge on any atom is 0.119 e. The lowest BCUT2D eigenvalue weighted by Gasteiger charge is -2.19. The second-order valence-electron chi connectivity index (χ2n) is 7.52. The summed E-state index contributed by atoms with van der Waals surface area (Å²) in [6, 6.07) is 17.3. The molecule has 1 unspecified atom stereocenters. The lowest BCUT2D eigenvalue weighted by Crippen LogP contribution is -2.09. The molecular weight excluding hydrogens is 330 g/mol. The third kappa shape index (κ3) is 7.66. The van der Waals surface area contributed by atoms with Crippen molar-refractivity contribution in [3.8, 4) is 5.75 Å². The Morgan fingerprint density at radius 2 is 1.44 bits per heavy atom. The van der Waals surface area contributed by atoms with Gasteiger partial charge in [-0.05, 0) is 55.2 Å². The van der Waals surface area contributed by atoms with Gasteiger partial charge in [0.25, 0.3) is 0 Å². The number of rotatable bonds is 13. The van der Waals surface area contributed by atoms with Crippen LogP contribution in [0.5, 0.6) is 5.75 Å². The number of benzene rings is 2. The van der Waals surface area contributed by atoms with E-state index in [0.717, 1.165) is 11.4 Å². The molecule has 0 spiro atoms. The van der Waals surface area contributed by atoms with Crippen LogP contribution in [0.4, 0.5) is 5.69 Å². The number of unbranched alkanes of at least 4 members (excludes halogenated alkanes) is 7. The fourth-order valence-electron chi connectivity index (χ4n) is 3.65. The molecule has 0 fully saturated rings. The fraction of sp³-hybridized carbons (Fsp3) is 0.520. The van der Waals surface area contributed by atoms with Crippen LogP contribution >= 0.6 is 0 Å². The highest BCUT2D eigenvalue weighted by atomic mass is 16.5. The topological polar surface area (TPSA) is 21.3 Å². The number of hydrogen-bond donors (Lipinski definition) is 1. The molecule has 0 aromatic heterocycles. The van der Waals surface area contributed by atoms with Crippen molar-refractivity contribution in [2.24, 2.45) is 0 Å². The minimum Gasteiger partial charge on any atom is -0.497 e. The molecule has 1 N–H and O–H groups in total. The maximum absolute atomic E-state index is 5.24. The first-order chi connectivity index (χ1) is 13.2. The van der Waals surface area contributed by atoms with Crippen LogP contribution in [0.3, 0.4) is 0 Å². The van der Waals surface area contributed by atoms with Crippen molar-refractivity contribution in [2.45, 2.75) is 77.7 Å². The smallest absolute Gasteiger partial charge is 0.119 e. The van der Waals surface area contributed by atoms with Crippen LogP contribution in [0.2, 0.25) is 0 Å². The zero-order chi connectivity index (χ0) is 19.3. The van der Waals surface area contributed by atoms with Crippen LogP contribution in [0.1, 0.15) is 82.4 Å². The van der Waals surface area contributed by atoms with Gasteiger partial charge in [0.05, 0.1) is 7.11 Å². The Hall–Kier alpha value is -1.96. The van der Waals surface area contributed by atoms with Gasteiger partial charge in [-0.1, -0.05) is 76.1 Å². The molecule has 0 saturated carbocycles. The lowest BCUT2D eigenvalue weighted by molar-refractivity contribution is 0.415.